The van der Waals surface area contributed by atoms with Gasteiger partial charge < -0.3 is 11.1 Å². The van der Waals surface area contributed by atoms with Crippen LogP contribution in [0.3, 0.4) is 0 Å². The lowest BCUT2D eigenvalue weighted by molar-refractivity contribution is 0.0938. The predicted octanol–water partition coefficient (Wildman–Crippen LogP) is 1.84. The van der Waals surface area contributed by atoms with E-state index < -0.39 is 0 Å². The molecule has 0 saturated heterocycles. The normalized spacial score (nSPS) is 14.2. The minimum atomic E-state index is 0.000739. The lowest BCUT2D eigenvalue weighted by Crippen LogP contribution is -2.32. The number of nitrogens with two attached hydrogens (primary N) is 1. The van der Waals surface area contributed by atoms with E-state index in [1.165, 1.54) is 19.3 Å². The molecule has 100 valence electrons. The van der Waals surface area contributed by atoms with Gasteiger partial charge in [0.15, 0.2) is 0 Å². The van der Waals surface area contributed by atoms with E-state index in [0.29, 0.717) is 18.0 Å². The zero-order valence-corrected chi connectivity index (χ0v) is 11.3. The molecule has 0 aliphatic heterocycles. The first kappa shape index (κ1) is 13.6. The average Bonchev–Trinajstić information content (AvgIpc) is 2.35. The van der Waals surface area contributed by atoms with Crippen LogP contribution in [0.1, 0.15) is 40.7 Å². The topological polar surface area (TPSA) is 55.1 Å². The molecule has 0 spiro atoms. The van der Waals surface area contributed by atoms with Gasteiger partial charge in [0, 0.05) is 17.7 Å². The van der Waals surface area contributed by atoms with Crippen molar-refractivity contribution in [3.63, 3.8) is 0 Å². The molecule has 1 aromatic carbocycles. The molecular formula is C16H20N2O. The Morgan fingerprint density at radius 2 is 2.26 bits per heavy atom. The number of amides is 1. The predicted molar refractivity (Wildman–Crippen MR) is 76.8 cm³/mol. The van der Waals surface area contributed by atoms with Gasteiger partial charge in [0.05, 0.1) is 6.54 Å². The Morgan fingerprint density at radius 3 is 2.89 bits per heavy atom. The molecule has 1 aliphatic carbocycles. The molecule has 0 aromatic heterocycles. The molecule has 1 aromatic rings. The van der Waals surface area contributed by atoms with Gasteiger partial charge in [-0.3, -0.25) is 4.79 Å². The van der Waals surface area contributed by atoms with Crippen molar-refractivity contribution in [2.24, 2.45) is 11.7 Å². The average molecular weight is 256 g/mol. The first-order chi connectivity index (χ1) is 9.22. The summed E-state index contributed by atoms with van der Waals surface area (Å²) in [6.45, 7) is 3.05. The van der Waals surface area contributed by atoms with Crippen LogP contribution >= 0.6 is 0 Å². The number of benzene rings is 1. The summed E-state index contributed by atoms with van der Waals surface area (Å²) in [7, 11) is 0. The van der Waals surface area contributed by atoms with Gasteiger partial charge in [-0.2, -0.15) is 0 Å². The van der Waals surface area contributed by atoms with E-state index >= 15 is 0 Å². The molecule has 0 radical (unpaired) electrons. The third kappa shape index (κ3) is 3.36. The minimum Gasteiger partial charge on any atom is -0.352 e. The van der Waals surface area contributed by atoms with Crippen LogP contribution in [-0.4, -0.2) is 19.0 Å². The van der Waals surface area contributed by atoms with Crippen molar-refractivity contribution < 1.29 is 4.79 Å². The third-order valence-electron chi connectivity index (χ3n) is 3.68. The van der Waals surface area contributed by atoms with Crippen molar-refractivity contribution in [3.05, 3.63) is 34.9 Å². The molecular weight excluding hydrogens is 236 g/mol. The van der Waals surface area contributed by atoms with Crippen molar-refractivity contribution in [2.45, 2.75) is 26.2 Å². The zero-order chi connectivity index (χ0) is 13.7. The van der Waals surface area contributed by atoms with Crippen molar-refractivity contribution >= 4 is 5.91 Å². The van der Waals surface area contributed by atoms with Gasteiger partial charge in [0.1, 0.15) is 0 Å². The highest BCUT2D eigenvalue weighted by molar-refractivity contribution is 5.96. The van der Waals surface area contributed by atoms with Gasteiger partial charge in [-0.1, -0.05) is 24.3 Å². The van der Waals surface area contributed by atoms with Crippen LogP contribution in [0.4, 0.5) is 0 Å². The molecule has 1 fully saturated rings. The smallest absolute Gasteiger partial charge is 0.251 e. The van der Waals surface area contributed by atoms with Gasteiger partial charge >= 0.3 is 0 Å². The van der Waals surface area contributed by atoms with Gasteiger partial charge in [0.25, 0.3) is 5.91 Å². The Bertz CT molecular complexity index is 521. The van der Waals surface area contributed by atoms with Crippen LogP contribution in [0, 0.1) is 24.7 Å². The summed E-state index contributed by atoms with van der Waals surface area (Å²) in [5, 5.41) is 3.01. The van der Waals surface area contributed by atoms with E-state index in [0.717, 1.165) is 17.7 Å². The van der Waals surface area contributed by atoms with Crippen LogP contribution in [-0.2, 0) is 0 Å². The van der Waals surface area contributed by atoms with Gasteiger partial charge in [-0.15, -0.1) is 0 Å². The third-order valence-corrected chi connectivity index (χ3v) is 3.68. The van der Waals surface area contributed by atoms with Gasteiger partial charge in [-0.05, 0) is 43.4 Å². The monoisotopic (exact) mass is 256 g/mol. The number of nitrogens with one attached hydrogen (secondary N) is 1. The number of rotatable bonds is 3. The first-order valence-electron chi connectivity index (χ1n) is 6.79. The highest BCUT2D eigenvalue weighted by atomic mass is 16.1. The van der Waals surface area contributed by atoms with Crippen molar-refractivity contribution in [3.8, 4) is 11.8 Å². The summed E-state index contributed by atoms with van der Waals surface area (Å²) in [5.41, 5.74) is 7.89. The Labute approximate surface area is 114 Å². The molecule has 3 heteroatoms. The standard InChI is InChI=1S/C16H20N2O/c1-12-14(8-4-10-17)7-3-9-15(12)16(19)18-11-13-5-2-6-13/h3,7,9,13H,2,5-6,10-11,17H2,1H3,(H,18,19). The molecule has 3 N–H and O–H groups in total. The van der Waals surface area contributed by atoms with E-state index in [1.807, 2.05) is 25.1 Å². The second-order valence-corrected chi connectivity index (χ2v) is 4.99. The molecule has 1 aliphatic rings. The van der Waals surface area contributed by atoms with E-state index in [9.17, 15) is 4.79 Å². The maximum atomic E-state index is 12.2. The Morgan fingerprint density at radius 1 is 1.47 bits per heavy atom. The number of hydrogen-bond acceptors (Lipinski definition) is 2. The molecule has 0 heterocycles. The summed E-state index contributed by atoms with van der Waals surface area (Å²) in [6.07, 6.45) is 3.77. The maximum absolute atomic E-state index is 12.2. The lowest BCUT2D eigenvalue weighted by atomic mass is 9.85. The highest BCUT2D eigenvalue weighted by Gasteiger charge is 2.19. The SMILES string of the molecule is Cc1c(C#CCN)cccc1C(=O)NCC1CCC1. The van der Waals surface area contributed by atoms with Crippen LogP contribution in [0.5, 0.6) is 0 Å². The van der Waals surface area contributed by atoms with Crippen LogP contribution < -0.4 is 11.1 Å². The summed E-state index contributed by atoms with van der Waals surface area (Å²) < 4.78 is 0. The number of hydrogen-bond donors (Lipinski definition) is 2. The lowest BCUT2D eigenvalue weighted by Gasteiger charge is -2.25. The Balaban J connectivity index is 2.07. The number of carbonyl (C=O) groups excluding carboxylic acids is 1. The zero-order valence-electron chi connectivity index (χ0n) is 11.3. The molecule has 0 bridgehead atoms. The van der Waals surface area contributed by atoms with Crippen LogP contribution in [0.15, 0.2) is 18.2 Å². The molecule has 1 saturated carbocycles. The minimum absolute atomic E-state index is 0.000739. The van der Waals surface area contributed by atoms with E-state index in [4.69, 9.17) is 5.73 Å². The fourth-order valence-electron chi connectivity index (χ4n) is 2.19. The second kappa shape index (κ2) is 6.40. The largest absolute Gasteiger partial charge is 0.352 e. The first-order valence-corrected chi connectivity index (χ1v) is 6.79. The number of carbonyl (C=O) groups is 1. The summed E-state index contributed by atoms with van der Waals surface area (Å²) in [5.74, 6) is 6.50. The molecule has 0 atom stereocenters. The molecule has 2 rings (SSSR count). The van der Waals surface area contributed by atoms with Gasteiger partial charge in [0.2, 0.25) is 0 Å². The van der Waals surface area contributed by atoms with E-state index in [-0.39, 0.29) is 5.91 Å². The quantitative estimate of drug-likeness (QED) is 0.811. The van der Waals surface area contributed by atoms with Crippen LogP contribution in [0.25, 0.3) is 0 Å². The van der Waals surface area contributed by atoms with Crippen molar-refractivity contribution in [1.29, 1.82) is 0 Å². The molecule has 0 unspecified atom stereocenters. The maximum Gasteiger partial charge on any atom is 0.251 e. The van der Waals surface area contributed by atoms with Gasteiger partial charge in [-0.25, -0.2) is 0 Å². The molecule has 3 nitrogen and oxygen atoms in total. The fraction of sp³-hybridized carbons (Fsp3) is 0.438. The fourth-order valence-corrected chi connectivity index (χ4v) is 2.19. The summed E-state index contributed by atoms with van der Waals surface area (Å²) in [6, 6.07) is 5.63. The van der Waals surface area contributed by atoms with Crippen LogP contribution in [0.2, 0.25) is 0 Å². The Hall–Kier alpha value is -1.79. The summed E-state index contributed by atoms with van der Waals surface area (Å²) in [4.78, 5) is 12.2. The molecule has 1 amide bonds. The Kier molecular flexibility index (Phi) is 4.59. The van der Waals surface area contributed by atoms with Crippen molar-refractivity contribution in [2.75, 3.05) is 13.1 Å². The molecule has 19 heavy (non-hydrogen) atoms. The second-order valence-electron chi connectivity index (χ2n) is 4.99. The van der Waals surface area contributed by atoms with E-state index in [2.05, 4.69) is 17.2 Å². The van der Waals surface area contributed by atoms with E-state index in [1.54, 1.807) is 0 Å². The van der Waals surface area contributed by atoms with Crippen molar-refractivity contribution in [1.82, 2.24) is 5.32 Å². The summed E-state index contributed by atoms with van der Waals surface area (Å²) >= 11 is 0. The highest BCUT2D eigenvalue weighted by Crippen LogP contribution is 2.25.